The number of fused-ring (bicyclic) bond motifs is 1. The van der Waals surface area contributed by atoms with Crippen LogP contribution in [0.2, 0.25) is 0 Å². The Morgan fingerprint density at radius 3 is 2.53 bits per heavy atom. The van der Waals surface area contributed by atoms with Gasteiger partial charge in [-0.15, -0.1) is 0 Å². The molecule has 3 aromatic rings. The fourth-order valence-electron chi connectivity index (χ4n) is 4.44. The van der Waals surface area contributed by atoms with Gasteiger partial charge in [-0.3, -0.25) is 9.69 Å². The summed E-state index contributed by atoms with van der Waals surface area (Å²) in [5.74, 6) is 2.74. The van der Waals surface area contributed by atoms with E-state index < -0.39 is 0 Å². The molecule has 1 amide bonds. The van der Waals surface area contributed by atoms with Gasteiger partial charge in [-0.25, -0.2) is 0 Å². The van der Waals surface area contributed by atoms with Crippen LogP contribution in [0.1, 0.15) is 29.9 Å². The number of hydrogen-bond acceptors (Lipinski definition) is 5. The van der Waals surface area contributed by atoms with Crippen molar-refractivity contribution in [3.05, 3.63) is 53.7 Å². The topological polar surface area (TPSA) is 75.8 Å². The fraction of sp³-hybridized carbons (Fsp3) is 0.400. The Bertz CT molecular complexity index is 1070. The molecule has 32 heavy (non-hydrogen) atoms. The van der Waals surface area contributed by atoms with Gasteiger partial charge in [0, 0.05) is 23.6 Å². The van der Waals surface area contributed by atoms with Crippen molar-refractivity contribution in [1.82, 2.24) is 15.2 Å². The largest absolute Gasteiger partial charge is 0.497 e. The second-order valence-electron chi connectivity index (χ2n) is 8.17. The van der Waals surface area contributed by atoms with Crippen LogP contribution >= 0.6 is 0 Å². The summed E-state index contributed by atoms with van der Waals surface area (Å²) in [7, 11) is 4.91. The van der Waals surface area contributed by atoms with E-state index in [1.54, 1.807) is 21.3 Å². The molecular formula is C25H31N3O4. The Morgan fingerprint density at radius 1 is 1.03 bits per heavy atom. The molecule has 1 aromatic heterocycles. The standard InChI is InChI=1S/C25H31N3O4/c1-30-19-5-6-22-20(13-19)21(15-26-22)18-8-10-28(11-9-18)16-25(29)27-14-17-4-7-23(31-2)24(12-17)32-3/h4-7,12-13,15,18,26H,8-11,14,16H2,1-3H3,(H,27,29). The maximum Gasteiger partial charge on any atom is 0.234 e. The summed E-state index contributed by atoms with van der Waals surface area (Å²) in [4.78, 5) is 18.1. The summed E-state index contributed by atoms with van der Waals surface area (Å²) in [5.41, 5.74) is 3.46. The van der Waals surface area contributed by atoms with Crippen LogP contribution in [0.4, 0.5) is 0 Å². The van der Waals surface area contributed by atoms with Crippen LogP contribution in [0.5, 0.6) is 17.2 Å². The van der Waals surface area contributed by atoms with Crippen molar-refractivity contribution in [2.45, 2.75) is 25.3 Å². The van der Waals surface area contributed by atoms with Crippen LogP contribution in [0.15, 0.2) is 42.6 Å². The number of nitrogens with one attached hydrogen (secondary N) is 2. The number of carbonyl (C=O) groups is 1. The Morgan fingerprint density at radius 2 is 1.81 bits per heavy atom. The molecule has 1 aliphatic rings. The molecule has 7 nitrogen and oxygen atoms in total. The van der Waals surface area contributed by atoms with E-state index in [4.69, 9.17) is 14.2 Å². The van der Waals surface area contributed by atoms with E-state index in [0.717, 1.165) is 42.8 Å². The van der Waals surface area contributed by atoms with Gasteiger partial charge in [0.25, 0.3) is 0 Å². The molecule has 1 aliphatic heterocycles. The van der Waals surface area contributed by atoms with Crippen molar-refractivity contribution >= 4 is 16.8 Å². The molecule has 0 aliphatic carbocycles. The Balaban J connectivity index is 1.28. The first-order valence-electron chi connectivity index (χ1n) is 11.0. The van der Waals surface area contributed by atoms with E-state index in [-0.39, 0.29) is 5.91 Å². The minimum absolute atomic E-state index is 0.0371. The number of likely N-dealkylation sites (tertiary alicyclic amines) is 1. The maximum atomic E-state index is 12.5. The van der Waals surface area contributed by atoms with Crippen LogP contribution < -0.4 is 19.5 Å². The number of benzene rings is 2. The molecule has 0 spiro atoms. The van der Waals surface area contributed by atoms with Crippen molar-refractivity contribution < 1.29 is 19.0 Å². The second kappa shape index (κ2) is 9.96. The highest BCUT2D eigenvalue weighted by molar-refractivity contribution is 5.85. The summed E-state index contributed by atoms with van der Waals surface area (Å²) < 4.78 is 16.0. The number of hydrogen-bond donors (Lipinski definition) is 2. The number of H-pyrrole nitrogens is 1. The summed E-state index contributed by atoms with van der Waals surface area (Å²) >= 11 is 0. The van der Waals surface area contributed by atoms with Gasteiger partial charge in [0.1, 0.15) is 5.75 Å². The lowest BCUT2D eigenvalue weighted by atomic mass is 9.89. The fourth-order valence-corrected chi connectivity index (χ4v) is 4.44. The highest BCUT2D eigenvalue weighted by Crippen LogP contribution is 2.34. The molecule has 2 heterocycles. The summed E-state index contributed by atoms with van der Waals surface area (Å²) in [6, 6.07) is 11.8. The number of nitrogens with zero attached hydrogens (tertiary/aromatic N) is 1. The number of methoxy groups -OCH3 is 3. The molecule has 1 fully saturated rings. The third-order valence-corrected chi connectivity index (χ3v) is 6.25. The van der Waals surface area contributed by atoms with Crippen LogP contribution in [-0.4, -0.2) is 56.8 Å². The molecule has 170 valence electrons. The van der Waals surface area contributed by atoms with Crippen molar-refractivity contribution in [2.24, 2.45) is 0 Å². The van der Waals surface area contributed by atoms with Gasteiger partial charge in [-0.05, 0) is 73.3 Å². The van der Waals surface area contributed by atoms with E-state index in [9.17, 15) is 4.79 Å². The lowest BCUT2D eigenvalue weighted by Crippen LogP contribution is -2.41. The van der Waals surface area contributed by atoms with E-state index >= 15 is 0 Å². The molecule has 0 bridgehead atoms. The molecule has 2 N–H and O–H groups in total. The highest BCUT2D eigenvalue weighted by Gasteiger charge is 2.24. The zero-order valence-corrected chi connectivity index (χ0v) is 18.9. The highest BCUT2D eigenvalue weighted by atomic mass is 16.5. The Labute approximate surface area is 188 Å². The average molecular weight is 438 g/mol. The Hall–Kier alpha value is -3.19. The van der Waals surface area contributed by atoms with Gasteiger partial charge in [0.15, 0.2) is 11.5 Å². The van der Waals surface area contributed by atoms with Crippen LogP contribution in [0, 0.1) is 0 Å². The number of piperidine rings is 1. The first-order valence-corrected chi connectivity index (χ1v) is 11.0. The number of ether oxygens (including phenoxy) is 3. The van der Waals surface area contributed by atoms with Crippen LogP contribution in [0.3, 0.4) is 0 Å². The quantitative estimate of drug-likeness (QED) is 0.562. The van der Waals surface area contributed by atoms with E-state index in [1.807, 2.05) is 24.3 Å². The minimum atomic E-state index is 0.0371. The molecule has 4 rings (SSSR count). The number of carbonyl (C=O) groups excluding carboxylic acids is 1. The number of amides is 1. The Kier molecular flexibility index (Phi) is 6.85. The van der Waals surface area contributed by atoms with Gasteiger partial charge in [0.05, 0.1) is 27.9 Å². The number of aromatic amines is 1. The third kappa shape index (κ3) is 4.83. The first kappa shape index (κ1) is 22.0. The predicted molar refractivity (Wildman–Crippen MR) is 125 cm³/mol. The first-order chi connectivity index (χ1) is 15.6. The second-order valence-corrected chi connectivity index (χ2v) is 8.17. The van der Waals surface area contributed by atoms with Gasteiger partial charge >= 0.3 is 0 Å². The molecule has 1 saturated heterocycles. The molecule has 0 atom stereocenters. The zero-order chi connectivity index (χ0) is 22.5. The van der Waals surface area contributed by atoms with Crippen molar-refractivity contribution in [2.75, 3.05) is 41.0 Å². The normalized spacial score (nSPS) is 15.0. The lowest BCUT2D eigenvalue weighted by molar-refractivity contribution is -0.122. The zero-order valence-electron chi connectivity index (χ0n) is 18.9. The van der Waals surface area contributed by atoms with E-state index in [0.29, 0.717) is 30.5 Å². The van der Waals surface area contributed by atoms with Crippen molar-refractivity contribution in [3.8, 4) is 17.2 Å². The van der Waals surface area contributed by atoms with Crippen molar-refractivity contribution in [1.29, 1.82) is 0 Å². The number of aromatic nitrogens is 1. The summed E-state index contributed by atoms with van der Waals surface area (Å²) in [6.45, 7) is 2.70. The summed E-state index contributed by atoms with van der Waals surface area (Å²) in [5, 5.41) is 4.25. The molecule has 7 heteroatoms. The van der Waals surface area contributed by atoms with Gasteiger partial charge < -0.3 is 24.5 Å². The van der Waals surface area contributed by atoms with Gasteiger partial charge in [0.2, 0.25) is 5.91 Å². The lowest BCUT2D eigenvalue weighted by Gasteiger charge is -2.31. The summed E-state index contributed by atoms with van der Waals surface area (Å²) in [6.07, 6.45) is 4.19. The molecule has 0 radical (unpaired) electrons. The predicted octanol–water partition coefficient (Wildman–Crippen LogP) is 3.69. The van der Waals surface area contributed by atoms with Crippen LogP contribution in [0.25, 0.3) is 10.9 Å². The van der Waals surface area contributed by atoms with E-state index in [1.165, 1.54) is 10.9 Å². The van der Waals surface area contributed by atoms with Crippen LogP contribution in [-0.2, 0) is 11.3 Å². The van der Waals surface area contributed by atoms with Gasteiger partial charge in [-0.2, -0.15) is 0 Å². The smallest absolute Gasteiger partial charge is 0.234 e. The number of rotatable bonds is 8. The molecule has 2 aromatic carbocycles. The molecule has 0 saturated carbocycles. The minimum Gasteiger partial charge on any atom is -0.497 e. The third-order valence-electron chi connectivity index (χ3n) is 6.25. The molecular weight excluding hydrogens is 406 g/mol. The maximum absolute atomic E-state index is 12.5. The average Bonchev–Trinajstić information content (AvgIpc) is 3.26. The van der Waals surface area contributed by atoms with Crippen molar-refractivity contribution in [3.63, 3.8) is 0 Å². The van der Waals surface area contributed by atoms with Gasteiger partial charge in [-0.1, -0.05) is 6.07 Å². The molecule has 0 unspecified atom stereocenters. The van der Waals surface area contributed by atoms with E-state index in [2.05, 4.69) is 33.5 Å². The SMILES string of the molecule is COc1ccc2[nH]cc(C3CCN(CC(=O)NCc4ccc(OC)c(OC)c4)CC3)c2c1. The monoisotopic (exact) mass is 437 g/mol.